The average Bonchev–Trinajstić information content (AvgIpc) is 3.69. The zero-order valence-electron chi connectivity index (χ0n) is 36.4. The van der Waals surface area contributed by atoms with Crippen molar-refractivity contribution in [3.63, 3.8) is 0 Å². The molecule has 3 rings (SSSR count). The van der Waals surface area contributed by atoms with Gasteiger partial charge in [0, 0.05) is 40.8 Å². The number of amides is 5. The fourth-order valence-corrected chi connectivity index (χ4v) is 8.35. The maximum absolute atomic E-state index is 14.3. The molecule has 5 amide bonds. The van der Waals surface area contributed by atoms with Crippen molar-refractivity contribution in [3.8, 4) is 0 Å². The van der Waals surface area contributed by atoms with Gasteiger partial charge in [0.15, 0.2) is 0 Å². The number of ether oxygens (including phenoxy) is 2. The summed E-state index contributed by atoms with van der Waals surface area (Å²) in [6.07, 6.45) is 2.82. The van der Waals surface area contributed by atoms with E-state index in [1.165, 1.54) is 5.06 Å². The summed E-state index contributed by atoms with van der Waals surface area (Å²) in [6.45, 7) is 15.0. The van der Waals surface area contributed by atoms with E-state index in [1.54, 1.807) is 45.0 Å². The lowest BCUT2D eigenvalue weighted by Crippen LogP contribution is -2.59. The monoisotopic (exact) mass is 801 g/mol. The van der Waals surface area contributed by atoms with Crippen LogP contribution in [0.4, 0.5) is 0 Å². The number of hydroxylamine groups is 2. The third-order valence-corrected chi connectivity index (χ3v) is 11.9. The van der Waals surface area contributed by atoms with Gasteiger partial charge in [-0.25, -0.2) is 5.06 Å². The number of likely N-dealkylation sites (tertiary alicyclic amines) is 1. The van der Waals surface area contributed by atoms with Crippen molar-refractivity contribution in [1.82, 2.24) is 30.8 Å². The summed E-state index contributed by atoms with van der Waals surface area (Å²) >= 11 is 0. The molecule has 0 unspecified atom stereocenters. The van der Waals surface area contributed by atoms with Gasteiger partial charge in [-0.1, -0.05) is 85.2 Å². The summed E-state index contributed by atoms with van der Waals surface area (Å²) < 4.78 is 12.0. The molecule has 1 aromatic carbocycles. The highest BCUT2D eigenvalue weighted by atomic mass is 16.7. The number of likely N-dealkylation sites (N-methyl/N-ethyl adjacent to an activating group) is 2. The Labute approximate surface area is 341 Å². The van der Waals surface area contributed by atoms with Gasteiger partial charge < -0.3 is 35.2 Å². The molecule has 0 aromatic heterocycles. The third kappa shape index (κ3) is 12.7. The topological polar surface area (TPSA) is 159 Å². The molecule has 0 aliphatic carbocycles. The fourth-order valence-electron chi connectivity index (χ4n) is 8.35. The molecule has 2 aliphatic heterocycles. The van der Waals surface area contributed by atoms with Gasteiger partial charge >= 0.3 is 0 Å². The Morgan fingerprint density at radius 2 is 1.54 bits per heavy atom. The minimum absolute atomic E-state index is 0.00794. The zero-order valence-corrected chi connectivity index (χ0v) is 36.4. The van der Waals surface area contributed by atoms with Crippen LogP contribution in [0, 0.1) is 23.7 Å². The first-order valence-corrected chi connectivity index (χ1v) is 21.0. The molecule has 3 N–H and O–H groups in total. The van der Waals surface area contributed by atoms with E-state index in [1.807, 2.05) is 71.9 Å². The summed E-state index contributed by atoms with van der Waals surface area (Å²) in [5.74, 6) is -2.18. The SMILES string of the molecule is CC[C@H](C)[C@@H]([C@@H](CC(=O)N1CCC[C@H]1[C@H](OC)[C@@H](C)C(=O)N[C@H](Cc1ccccc1)C(=O)N1CCCCO1)OC)N(C)C(=O)[C@@H](NC(=O)[C@@H](NC)C(C)C)C(C)C. The van der Waals surface area contributed by atoms with Crippen molar-refractivity contribution in [2.45, 2.75) is 136 Å². The number of benzene rings is 1. The standard InChI is InChI=1S/C43H72N6O8/c1-12-29(6)38(47(9)43(54)37(28(4)5)46-41(52)36(44-8)27(2)3)34(55-10)26-35(50)48-22-18-21-33(48)39(56-11)30(7)40(51)45-32(25-31-19-14-13-15-20-31)42(53)49-23-16-17-24-57-49/h13-15,19-20,27-30,32-34,36-39,44H,12,16-18,21-26H2,1-11H3,(H,45,51)(H,46,52)/t29-,30+,32+,33-,34+,36-,37-,38-,39+/m0/s1. The molecule has 2 saturated heterocycles. The Kier molecular flexibility index (Phi) is 19.4. The first-order chi connectivity index (χ1) is 27.1. The molecular weight excluding hydrogens is 729 g/mol. The molecule has 0 radical (unpaired) electrons. The van der Waals surface area contributed by atoms with Crippen LogP contribution in [-0.2, 0) is 44.7 Å². The Hall–Kier alpha value is -3.59. The van der Waals surface area contributed by atoms with Crippen LogP contribution in [0.3, 0.4) is 0 Å². The van der Waals surface area contributed by atoms with E-state index < -0.39 is 48.3 Å². The van der Waals surface area contributed by atoms with Gasteiger partial charge in [0.1, 0.15) is 12.1 Å². The van der Waals surface area contributed by atoms with Gasteiger partial charge in [0.2, 0.25) is 23.6 Å². The predicted molar refractivity (Wildman–Crippen MR) is 220 cm³/mol. The lowest BCUT2D eigenvalue weighted by Gasteiger charge is -2.41. The van der Waals surface area contributed by atoms with Crippen molar-refractivity contribution in [3.05, 3.63) is 35.9 Å². The molecular formula is C43H72N6O8. The van der Waals surface area contributed by atoms with Crippen molar-refractivity contribution in [2.24, 2.45) is 23.7 Å². The highest BCUT2D eigenvalue weighted by molar-refractivity contribution is 5.90. The predicted octanol–water partition coefficient (Wildman–Crippen LogP) is 3.57. The fraction of sp³-hybridized carbons (Fsp3) is 0.744. The highest BCUT2D eigenvalue weighted by Crippen LogP contribution is 2.30. The van der Waals surface area contributed by atoms with Crippen LogP contribution in [0.2, 0.25) is 0 Å². The number of carbonyl (C=O) groups excluding carboxylic acids is 5. The molecule has 2 aliphatic rings. The Morgan fingerprint density at radius 1 is 0.877 bits per heavy atom. The first-order valence-electron chi connectivity index (χ1n) is 21.0. The highest BCUT2D eigenvalue weighted by Gasteiger charge is 2.43. The number of methoxy groups -OCH3 is 2. The molecule has 0 saturated carbocycles. The Morgan fingerprint density at radius 3 is 2.09 bits per heavy atom. The average molecular weight is 801 g/mol. The molecule has 14 heteroatoms. The van der Waals surface area contributed by atoms with Crippen LogP contribution in [0.15, 0.2) is 30.3 Å². The van der Waals surface area contributed by atoms with Crippen molar-refractivity contribution in [1.29, 1.82) is 0 Å². The van der Waals surface area contributed by atoms with Crippen molar-refractivity contribution in [2.75, 3.05) is 48.0 Å². The van der Waals surface area contributed by atoms with Gasteiger partial charge in [-0.15, -0.1) is 0 Å². The van der Waals surface area contributed by atoms with Gasteiger partial charge in [-0.2, -0.15) is 0 Å². The van der Waals surface area contributed by atoms with E-state index in [9.17, 15) is 24.0 Å². The number of hydrogen-bond donors (Lipinski definition) is 3. The number of nitrogens with one attached hydrogen (secondary N) is 3. The van der Waals surface area contributed by atoms with E-state index in [4.69, 9.17) is 14.3 Å². The molecule has 0 spiro atoms. The lowest BCUT2D eigenvalue weighted by molar-refractivity contribution is -0.199. The minimum atomic E-state index is -0.845. The summed E-state index contributed by atoms with van der Waals surface area (Å²) in [5, 5.41) is 10.4. The van der Waals surface area contributed by atoms with Crippen LogP contribution in [-0.4, -0.2) is 135 Å². The van der Waals surface area contributed by atoms with E-state index in [-0.39, 0.29) is 53.7 Å². The maximum Gasteiger partial charge on any atom is 0.269 e. The smallest absolute Gasteiger partial charge is 0.269 e. The van der Waals surface area contributed by atoms with Crippen LogP contribution < -0.4 is 16.0 Å². The van der Waals surface area contributed by atoms with E-state index in [2.05, 4.69) is 16.0 Å². The second-order valence-electron chi connectivity index (χ2n) is 16.6. The molecule has 57 heavy (non-hydrogen) atoms. The van der Waals surface area contributed by atoms with Gasteiger partial charge in [-0.05, 0) is 56.0 Å². The number of hydrogen-bond acceptors (Lipinski definition) is 9. The quantitative estimate of drug-likeness (QED) is 0.169. The van der Waals surface area contributed by atoms with Crippen molar-refractivity contribution < 1.29 is 38.3 Å². The second kappa shape index (κ2) is 23.1. The lowest BCUT2D eigenvalue weighted by atomic mass is 9.89. The van der Waals surface area contributed by atoms with Crippen LogP contribution in [0.1, 0.15) is 92.6 Å². The molecule has 9 atom stereocenters. The minimum Gasteiger partial charge on any atom is -0.379 e. The third-order valence-electron chi connectivity index (χ3n) is 11.9. The molecule has 14 nitrogen and oxygen atoms in total. The van der Waals surface area contributed by atoms with Crippen molar-refractivity contribution >= 4 is 29.5 Å². The summed E-state index contributed by atoms with van der Waals surface area (Å²) in [6, 6.07) is 6.62. The molecule has 322 valence electrons. The van der Waals surface area contributed by atoms with Crippen LogP contribution in [0.25, 0.3) is 0 Å². The molecule has 2 heterocycles. The molecule has 1 aromatic rings. The van der Waals surface area contributed by atoms with E-state index >= 15 is 0 Å². The zero-order chi connectivity index (χ0) is 42.4. The Balaban J connectivity index is 1.79. The van der Waals surface area contributed by atoms with Crippen LogP contribution in [0.5, 0.6) is 0 Å². The summed E-state index contributed by atoms with van der Waals surface area (Å²) in [7, 11) is 6.56. The summed E-state index contributed by atoms with van der Waals surface area (Å²) in [4.78, 5) is 78.5. The largest absolute Gasteiger partial charge is 0.379 e. The number of nitrogens with zero attached hydrogens (tertiary/aromatic N) is 3. The number of rotatable bonds is 21. The van der Waals surface area contributed by atoms with Gasteiger partial charge in [0.25, 0.3) is 5.91 Å². The Bertz CT molecular complexity index is 1440. The van der Waals surface area contributed by atoms with E-state index in [0.717, 1.165) is 31.2 Å². The maximum atomic E-state index is 14.3. The first kappa shape index (κ1) is 47.8. The van der Waals surface area contributed by atoms with Gasteiger partial charge in [0.05, 0.1) is 49.3 Å². The molecule has 2 fully saturated rings. The number of carbonyl (C=O) groups is 5. The molecule has 0 bridgehead atoms. The second-order valence-corrected chi connectivity index (χ2v) is 16.6. The normalized spacial score (nSPS) is 20.3. The summed E-state index contributed by atoms with van der Waals surface area (Å²) in [5.41, 5.74) is 0.908. The van der Waals surface area contributed by atoms with Gasteiger partial charge in [-0.3, -0.25) is 28.8 Å². The van der Waals surface area contributed by atoms with E-state index in [0.29, 0.717) is 32.5 Å². The van der Waals surface area contributed by atoms with Crippen LogP contribution >= 0.6 is 0 Å².